The molecule has 2 aliphatic heterocycles. The molecule has 0 radical (unpaired) electrons. The summed E-state index contributed by atoms with van der Waals surface area (Å²) in [5.41, 5.74) is 1.77. The number of carbonyl (C=O) groups is 1. The van der Waals surface area contributed by atoms with E-state index in [0.29, 0.717) is 52.0 Å². The summed E-state index contributed by atoms with van der Waals surface area (Å²) in [6.45, 7) is 0. The van der Waals surface area contributed by atoms with E-state index >= 15 is 0 Å². The van der Waals surface area contributed by atoms with Gasteiger partial charge in [-0.25, -0.2) is 9.97 Å². The number of pyridine rings is 1. The monoisotopic (exact) mass is 512 g/mol. The molecule has 0 bridgehead atoms. The molecule has 11 heteroatoms. The molecule has 7 nitrogen and oxygen atoms in total. The number of halogens is 4. The average molecular weight is 513 g/mol. The third kappa shape index (κ3) is 3.31. The van der Waals surface area contributed by atoms with Crippen molar-refractivity contribution in [1.29, 1.82) is 0 Å². The molecule has 7 rings (SSSR count). The first kappa shape index (κ1) is 21.5. The molecule has 0 spiro atoms. The summed E-state index contributed by atoms with van der Waals surface area (Å²) in [4.78, 5) is 23.5. The average Bonchev–Trinajstić information content (AvgIpc) is 3.18. The van der Waals surface area contributed by atoms with E-state index in [0.717, 1.165) is 29.0 Å². The molecule has 4 heterocycles. The van der Waals surface area contributed by atoms with Gasteiger partial charge < -0.3 is 19.8 Å². The molecule has 1 fully saturated rings. The minimum absolute atomic E-state index is 0.00677. The van der Waals surface area contributed by atoms with E-state index in [1.807, 2.05) is 12.1 Å². The van der Waals surface area contributed by atoms with Crippen molar-refractivity contribution in [2.45, 2.75) is 37.0 Å². The van der Waals surface area contributed by atoms with Gasteiger partial charge in [0.05, 0.1) is 28.7 Å². The third-order valence-corrected chi connectivity index (χ3v) is 7.13. The van der Waals surface area contributed by atoms with E-state index in [4.69, 9.17) is 21.1 Å². The van der Waals surface area contributed by atoms with Gasteiger partial charge in [-0.15, -0.1) is 0 Å². The minimum atomic E-state index is -4.42. The Hall–Kier alpha value is -3.79. The van der Waals surface area contributed by atoms with Gasteiger partial charge in [-0.05, 0) is 42.8 Å². The van der Waals surface area contributed by atoms with Crippen LogP contribution in [0.15, 0.2) is 42.6 Å². The lowest BCUT2D eigenvalue weighted by Gasteiger charge is -2.20. The SMILES string of the molecule is O=C1CCc2c(ncc(Cl)c2Oc2ccc3c(c2)C2C(c4nc5ccc(C(F)(F)F)cc5[nH]4)[C@H]2O3)N1. The second-order valence-corrected chi connectivity index (χ2v) is 9.51. The molecule has 4 aromatic rings. The number of aromatic amines is 1. The zero-order chi connectivity index (χ0) is 24.8. The number of ether oxygens (including phenoxy) is 2. The Bertz CT molecular complexity index is 1590. The maximum Gasteiger partial charge on any atom is 0.416 e. The number of hydrogen-bond acceptors (Lipinski definition) is 5. The zero-order valence-corrected chi connectivity index (χ0v) is 19.1. The van der Waals surface area contributed by atoms with Crippen molar-refractivity contribution in [2.75, 3.05) is 5.32 Å². The number of anilines is 1. The van der Waals surface area contributed by atoms with Crippen LogP contribution in [0.5, 0.6) is 17.2 Å². The van der Waals surface area contributed by atoms with Crippen molar-refractivity contribution in [3.05, 3.63) is 70.1 Å². The van der Waals surface area contributed by atoms with E-state index in [-0.39, 0.29) is 23.8 Å². The van der Waals surface area contributed by atoms with Gasteiger partial charge in [0.2, 0.25) is 5.91 Å². The van der Waals surface area contributed by atoms with Crippen LogP contribution in [-0.4, -0.2) is 27.0 Å². The van der Waals surface area contributed by atoms with Gasteiger partial charge in [0.25, 0.3) is 0 Å². The summed E-state index contributed by atoms with van der Waals surface area (Å²) >= 11 is 6.38. The molecule has 2 unspecified atom stereocenters. The third-order valence-electron chi connectivity index (χ3n) is 6.86. The second-order valence-electron chi connectivity index (χ2n) is 9.10. The molecule has 2 aromatic carbocycles. The van der Waals surface area contributed by atoms with Gasteiger partial charge in [-0.1, -0.05) is 11.6 Å². The highest BCUT2D eigenvalue weighted by Crippen LogP contribution is 2.63. The number of amides is 1. The fraction of sp³-hybridized carbons (Fsp3) is 0.240. The number of benzene rings is 2. The van der Waals surface area contributed by atoms with Crippen molar-refractivity contribution in [1.82, 2.24) is 15.0 Å². The van der Waals surface area contributed by atoms with Gasteiger partial charge in [0, 0.05) is 23.5 Å². The lowest BCUT2D eigenvalue weighted by molar-refractivity contribution is -0.137. The maximum atomic E-state index is 13.1. The Morgan fingerprint density at radius 2 is 1.97 bits per heavy atom. The molecule has 1 aliphatic carbocycles. The standard InChI is InChI=1S/C25H16ClF3N4O3/c26-14-9-30-23-12(3-6-18(34)33-23)21(14)35-11-2-5-17-13(8-11)19-20(22(19)36-17)24-31-15-4-1-10(25(27,28)29)7-16(15)32-24/h1-2,4-5,7-9,19-20,22H,3,6H2,(H,31,32)(H,30,33,34)/t19?,20?,22-/m0/s1. The second kappa shape index (κ2) is 7.36. The number of imidazole rings is 1. The highest BCUT2D eigenvalue weighted by atomic mass is 35.5. The Kier molecular flexibility index (Phi) is 4.39. The lowest BCUT2D eigenvalue weighted by Crippen LogP contribution is -2.20. The Labute approximate surface area is 206 Å². The Morgan fingerprint density at radius 1 is 1.11 bits per heavy atom. The van der Waals surface area contributed by atoms with Crippen molar-refractivity contribution in [3.63, 3.8) is 0 Å². The van der Waals surface area contributed by atoms with E-state index < -0.39 is 11.7 Å². The maximum absolute atomic E-state index is 13.1. The van der Waals surface area contributed by atoms with Crippen LogP contribution in [0, 0.1) is 0 Å². The molecule has 3 atom stereocenters. The van der Waals surface area contributed by atoms with Crippen LogP contribution >= 0.6 is 11.6 Å². The predicted octanol–water partition coefficient (Wildman–Crippen LogP) is 5.95. The summed E-state index contributed by atoms with van der Waals surface area (Å²) in [5, 5.41) is 3.07. The fourth-order valence-corrected chi connectivity index (χ4v) is 5.31. The predicted molar refractivity (Wildman–Crippen MR) is 124 cm³/mol. The topological polar surface area (TPSA) is 89.1 Å². The molecule has 36 heavy (non-hydrogen) atoms. The molecule has 1 saturated carbocycles. The molecule has 182 valence electrons. The van der Waals surface area contributed by atoms with Crippen molar-refractivity contribution >= 4 is 34.4 Å². The van der Waals surface area contributed by atoms with Crippen LogP contribution < -0.4 is 14.8 Å². The van der Waals surface area contributed by atoms with Crippen LogP contribution in [0.25, 0.3) is 11.0 Å². The van der Waals surface area contributed by atoms with Crippen molar-refractivity contribution < 1.29 is 27.4 Å². The number of nitrogens with one attached hydrogen (secondary N) is 2. The quantitative estimate of drug-likeness (QED) is 0.354. The van der Waals surface area contributed by atoms with Crippen LogP contribution in [-0.2, 0) is 17.4 Å². The molecule has 3 aliphatic rings. The molecule has 2 aromatic heterocycles. The molecular weight excluding hydrogens is 497 g/mol. The molecule has 0 saturated heterocycles. The Balaban J connectivity index is 1.17. The first-order chi connectivity index (χ1) is 17.3. The number of rotatable bonds is 3. The van der Waals surface area contributed by atoms with Crippen LogP contribution in [0.3, 0.4) is 0 Å². The molecule has 2 N–H and O–H groups in total. The number of nitrogens with zero attached hydrogens (tertiary/aromatic N) is 2. The van der Waals surface area contributed by atoms with E-state index in [9.17, 15) is 18.0 Å². The summed E-state index contributed by atoms with van der Waals surface area (Å²) in [5.74, 6) is 2.57. The van der Waals surface area contributed by atoms with E-state index in [2.05, 4.69) is 20.3 Å². The number of carbonyl (C=O) groups excluding carboxylic acids is 1. The van der Waals surface area contributed by atoms with Crippen LogP contribution in [0.1, 0.15) is 40.8 Å². The first-order valence-corrected chi connectivity index (χ1v) is 11.7. The minimum Gasteiger partial charge on any atom is -0.489 e. The van der Waals surface area contributed by atoms with E-state index in [1.165, 1.54) is 12.3 Å². The van der Waals surface area contributed by atoms with Gasteiger partial charge in [0.1, 0.15) is 34.3 Å². The number of alkyl halides is 3. The number of fused-ring (bicyclic) bond motifs is 5. The summed E-state index contributed by atoms with van der Waals surface area (Å²) in [6.07, 6.45) is -2.35. The molecular formula is C25H16ClF3N4O3. The van der Waals surface area contributed by atoms with Crippen molar-refractivity contribution in [2.24, 2.45) is 0 Å². The van der Waals surface area contributed by atoms with Gasteiger partial charge in [0.15, 0.2) is 5.75 Å². The summed E-state index contributed by atoms with van der Waals surface area (Å²) in [7, 11) is 0. The summed E-state index contributed by atoms with van der Waals surface area (Å²) in [6, 6.07) is 8.97. The highest BCUT2D eigenvalue weighted by molar-refractivity contribution is 6.32. The fourth-order valence-electron chi connectivity index (χ4n) is 5.10. The summed E-state index contributed by atoms with van der Waals surface area (Å²) < 4.78 is 51.5. The van der Waals surface area contributed by atoms with Crippen molar-refractivity contribution in [3.8, 4) is 17.2 Å². The smallest absolute Gasteiger partial charge is 0.416 e. The normalized spacial score (nSPS) is 21.9. The zero-order valence-electron chi connectivity index (χ0n) is 18.3. The molecule has 1 amide bonds. The van der Waals surface area contributed by atoms with Gasteiger partial charge >= 0.3 is 6.18 Å². The highest BCUT2D eigenvalue weighted by Gasteiger charge is 2.61. The Morgan fingerprint density at radius 3 is 2.81 bits per heavy atom. The number of H-pyrrole nitrogens is 1. The van der Waals surface area contributed by atoms with Crippen LogP contribution in [0.4, 0.5) is 19.0 Å². The largest absolute Gasteiger partial charge is 0.489 e. The first-order valence-electron chi connectivity index (χ1n) is 11.3. The van der Waals surface area contributed by atoms with Gasteiger partial charge in [-0.2, -0.15) is 13.2 Å². The lowest BCUT2D eigenvalue weighted by atomic mass is 10.1. The van der Waals surface area contributed by atoms with Gasteiger partial charge in [-0.3, -0.25) is 4.79 Å². The number of hydrogen-bond donors (Lipinski definition) is 2. The number of aromatic nitrogens is 3. The van der Waals surface area contributed by atoms with E-state index in [1.54, 1.807) is 6.07 Å². The van der Waals surface area contributed by atoms with Crippen LogP contribution in [0.2, 0.25) is 5.02 Å².